The molecule has 1 heterocycles. The molecule has 0 fully saturated rings. The molecule has 0 aliphatic carbocycles. The van der Waals surface area contributed by atoms with Crippen LogP contribution in [0.5, 0.6) is 5.75 Å². The molecule has 0 spiro atoms. The maximum Gasteiger partial charge on any atom is 0.115 e. The Morgan fingerprint density at radius 2 is 1.75 bits per heavy atom. The summed E-state index contributed by atoms with van der Waals surface area (Å²) in [5.41, 5.74) is 0.348. The quantitative estimate of drug-likeness (QED) is 0.806. The molecular weight excluding hydrogens is 202 g/mol. The van der Waals surface area contributed by atoms with Crippen molar-refractivity contribution < 1.29 is 10.2 Å². The van der Waals surface area contributed by atoms with E-state index in [1.165, 1.54) is 0 Å². The summed E-state index contributed by atoms with van der Waals surface area (Å²) in [6.07, 6.45) is 3.29. The molecule has 0 amide bonds. The second kappa shape index (κ2) is 3.94. The van der Waals surface area contributed by atoms with Gasteiger partial charge in [0, 0.05) is 18.0 Å². The molecule has 1 unspecified atom stereocenters. The number of phenolic OH excluding ortho intramolecular Hbond substituents is 1. The standard InChI is InChI=1S/C13H13NO2/c1-13(16,11-3-2-8-14-9-11)10-4-6-12(15)7-5-10/h2-9,15-16H,1H3. The molecule has 3 nitrogen and oxygen atoms in total. The van der Waals surface area contributed by atoms with E-state index in [2.05, 4.69) is 4.98 Å². The zero-order chi connectivity index (χ0) is 11.6. The van der Waals surface area contributed by atoms with Crippen LogP contribution in [-0.2, 0) is 5.60 Å². The van der Waals surface area contributed by atoms with E-state index in [0.717, 1.165) is 11.1 Å². The molecule has 1 aromatic carbocycles. The number of pyridine rings is 1. The lowest BCUT2D eigenvalue weighted by Crippen LogP contribution is -2.22. The van der Waals surface area contributed by atoms with E-state index >= 15 is 0 Å². The molecule has 0 aliphatic rings. The summed E-state index contributed by atoms with van der Waals surface area (Å²) in [6.45, 7) is 1.70. The summed E-state index contributed by atoms with van der Waals surface area (Å²) in [6, 6.07) is 10.1. The fraction of sp³-hybridized carbons (Fsp3) is 0.154. The molecule has 82 valence electrons. The minimum Gasteiger partial charge on any atom is -0.508 e. The molecule has 2 N–H and O–H groups in total. The van der Waals surface area contributed by atoms with Gasteiger partial charge in [-0.15, -0.1) is 0 Å². The first-order valence-electron chi connectivity index (χ1n) is 5.03. The van der Waals surface area contributed by atoms with Crippen LogP contribution in [0.15, 0.2) is 48.8 Å². The van der Waals surface area contributed by atoms with Crippen molar-refractivity contribution in [2.24, 2.45) is 0 Å². The Hall–Kier alpha value is -1.87. The van der Waals surface area contributed by atoms with Gasteiger partial charge in [-0.1, -0.05) is 18.2 Å². The van der Waals surface area contributed by atoms with Crippen molar-refractivity contribution in [3.05, 3.63) is 59.9 Å². The van der Waals surface area contributed by atoms with Crippen molar-refractivity contribution in [1.29, 1.82) is 0 Å². The summed E-state index contributed by atoms with van der Waals surface area (Å²) in [4.78, 5) is 3.98. The predicted octanol–water partition coefficient (Wildman–Crippen LogP) is 2.04. The summed E-state index contributed by atoms with van der Waals surface area (Å²) in [5.74, 6) is 0.186. The summed E-state index contributed by atoms with van der Waals surface area (Å²) >= 11 is 0. The van der Waals surface area contributed by atoms with E-state index in [9.17, 15) is 10.2 Å². The number of hydrogen-bond acceptors (Lipinski definition) is 3. The second-order valence-corrected chi connectivity index (χ2v) is 3.86. The molecule has 2 aromatic rings. The lowest BCUT2D eigenvalue weighted by molar-refractivity contribution is 0.102. The van der Waals surface area contributed by atoms with Gasteiger partial charge in [0.2, 0.25) is 0 Å². The Morgan fingerprint density at radius 1 is 1.06 bits per heavy atom. The van der Waals surface area contributed by atoms with E-state index in [1.807, 2.05) is 6.07 Å². The van der Waals surface area contributed by atoms with Gasteiger partial charge < -0.3 is 10.2 Å². The first kappa shape index (κ1) is 10.6. The first-order valence-corrected chi connectivity index (χ1v) is 5.03. The molecule has 0 aliphatic heterocycles. The summed E-state index contributed by atoms with van der Waals surface area (Å²) in [7, 11) is 0. The SMILES string of the molecule is CC(O)(c1ccc(O)cc1)c1cccnc1. The predicted molar refractivity (Wildman–Crippen MR) is 61.0 cm³/mol. The Kier molecular flexibility index (Phi) is 2.62. The van der Waals surface area contributed by atoms with Crippen LogP contribution in [0.3, 0.4) is 0 Å². The van der Waals surface area contributed by atoms with E-state index in [1.54, 1.807) is 49.6 Å². The van der Waals surface area contributed by atoms with Crippen LogP contribution in [0.1, 0.15) is 18.1 Å². The molecule has 16 heavy (non-hydrogen) atoms. The van der Waals surface area contributed by atoms with Crippen molar-refractivity contribution in [3.8, 4) is 5.75 Å². The minimum atomic E-state index is -1.10. The Bertz CT molecular complexity index is 463. The molecule has 0 saturated carbocycles. The van der Waals surface area contributed by atoms with E-state index in [-0.39, 0.29) is 5.75 Å². The highest BCUT2D eigenvalue weighted by atomic mass is 16.3. The smallest absolute Gasteiger partial charge is 0.115 e. The van der Waals surface area contributed by atoms with Gasteiger partial charge in [0.1, 0.15) is 11.4 Å². The fourth-order valence-electron chi connectivity index (χ4n) is 1.60. The van der Waals surface area contributed by atoms with Gasteiger partial charge >= 0.3 is 0 Å². The normalized spacial score (nSPS) is 14.4. The maximum absolute atomic E-state index is 10.4. The largest absolute Gasteiger partial charge is 0.508 e. The number of rotatable bonds is 2. The van der Waals surface area contributed by atoms with E-state index < -0.39 is 5.60 Å². The van der Waals surface area contributed by atoms with Crippen LogP contribution in [-0.4, -0.2) is 15.2 Å². The highest BCUT2D eigenvalue weighted by Crippen LogP contribution is 2.29. The highest BCUT2D eigenvalue weighted by molar-refractivity contribution is 5.36. The number of aromatic nitrogens is 1. The van der Waals surface area contributed by atoms with Crippen LogP contribution in [0, 0.1) is 0 Å². The van der Waals surface area contributed by atoms with Crippen molar-refractivity contribution in [1.82, 2.24) is 4.98 Å². The van der Waals surface area contributed by atoms with Gasteiger partial charge in [-0.05, 0) is 30.7 Å². The van der Waals surface area contributed by atoms with Crippen molar-refractivity contribution in [3.63, 3.8) is 0 Å². The minimum absolute atomic E-state index is 0.186. The van der Waals surface area contributed by atoms with Gasteiger partial charge in [-0.3, -0.25) is 4.98 Å². The van der Waals surface area contributed by atoms with Gasteiger partial charge in [-0.25, -0.2) is 0 Å². The van der Waals surface area contributed by atoms with Gasteiger partial charge in [0.15, 0.2) is 0 Å². The van der Waals surface area contributed by atoms with Crippen LogP contribution in [0.2, 0.25) is 0 Å². The van der Waals surface area contributed by atoms with Crippen molar-refractivity contribution >= 4 is 0 Å². The fourth-order valence-corrected chi connectivity index (χ4v) is 1.60. The van der Waals surface area contributed by atoms with Gasteiger partial charge in [0.25, 0.3) is 0 Å². The second-order valence-electron chi connectivity index (χ2n) is 3.86. The Morgan fingerprint density at radius 3 is 2.31 bits per heavy atom. The third kappa shape index (κ3) is 1.90. The zero-order valence-electron chi connectivity index (χ0n) is 8.96. The number of phenols is 1. The van der Waals surface area contributed by atoms with Crippen molar-refractivity contribution in [2.75, 3.05) is 0 Å². The molecule has 1 aromatic heterocycles. The number of hydrogen-bond donors (Lipinski definition) is 2. The maximum atomic E-state index is 10.4. The van der Waals surface area contributed by atoms with Crippen LogP contribution in [0.25, 0.3) is 0 Å². The van der Waals surface area contributed by atoms with E-state index in [0.29, 0.717) is 0 Å². The molecule has 2 rings (SSSR count). The number of aromatic hydroxyl groups is 1. The molecular formula is C13H13NO2. The molecule has 3 heteroatoms. The number of nitrogens with zero attached hydrogens (tertiary/aromatic N) is 1. The topological polar surface area (TPSA) is 53.4 Å². The molecule has 1 atom stereocenters. The summed E-state index contributed by atoms with van der Waals surface area (Å²) in [5, 5.41) is 19.6. The Labute approximate surface area is 94.0 Å². The van der Waals surface area contributed by atoms with Gasteiger partial charge in [-0.2, -0.15) is 0 Å². The lowest BCUT2D eigenvalue weighted by atomic mass is 9.89. The first-order chi connectivity index (χ1) is 7.60. The molecule has 0 bridgehead atoms. The zero-order valence-corrected chi connectivity index (χ0v) is 8.96. The molecule has 0 saturated heterocycles. The van der Waals surface area contributed by atoms with Crippen LogP contribution in [0.4, 0.5) is 0 Å². The lowest BCUT2D eigenvalue weighted by Gasteiger charge is -2.23. The Balaban J connectivity index is 2.43. The van der Waals surface area contributed by atoms with Crippen LogP contribution >= 0.6 is 0 Å². The van der Waals surface area contributed by atoms with Crippen LogP contribution < -0.4 is 0 Å². The number of aliphatic hydroxyl groups is 1. The highest BCUT2D eigenvalue weighted by Gasteiger charge is 2.25. The average Bonchev–Trinajstić information content (AvgIpc) is 2.31. The third-order valence-electron chi connectivity index (χ3n) is 2.65. The average molecular weight is 215 g/mol. The van der Waals surface area contributed by atoms with E-state index in [4.69, 9.17) is 0 Å². The van der Waals surface area contributed by atoms with Crippen molar-refractivity contribution in [2.45, 2.75) is 12.5 Å². The summed E-state index contributed by atoms with van der Waals surface area (Å²) < 4.78 is 0. The third-order valence-corrected chi connectivity index (χ3v) is 2.65. The van der Waals surface area contributed by atoms with Gasteiger partial charge in [0.05, 0.1) is 0 Å². The molecule has 0 radical (unpaired) electrons. The number of benzene rings is 1. The monoisotopic (exact) mass is 215 g/mol.